The monoisotopic (exact) mass is 303 g/mol. The number of aromatic nitrogens is 2. The minimum atomic E-state index is -0.925. The van der Waals surface area contributed by atoms with Gasteiger partial charge in [-0.3, -0.25) is 4.79 Å². The zero-order valence-corrected chi connectivity index (χ0v) is 13.1. The van der Waals surface area contributed by atoms with Crippen molar-refractivity contribution in [1.29, 1.82) is 5.26 Å². The van der Waals surface area contributed by atoms with Crippen LogP contribution in [0.5, 0.6) is 0 Å². The van der Waals surface area contributed by atoms with Crippen LogP contribution in [0.2, 0.25) is 0 Å². The lowest BCUT2D eigenvalue weighted by Gasteiger charge is -2.06. The predicted molar refractivity (Wildman–Crippen MR) is 79.4 cm³/mol. The molecule has 1 atom stereocenters. The van der Waals surface area contributed by atoms with Crippen molar-refractivity contribution in [2.24, 2.45) is 0 Å². The van der Waals surface area contributed by atoms with E-state index in [0.29, 0.717) is 5.01 Å². The minimum Gasteiger partial charge on any atom is -0.353 e. The Bertz CT molecular complexity index is 665. The summed E-state index contributed by atoms with van der Waals surface area (Å²) in [5, 5.41) is 15.6. The number of rotatable bonds is 6. The molecule has 21 heavy (non-hydrogen) atoms. The number of aryl methyl sites for hydroxylation is 1. The summed E-state index contributed by atoms with van der Waals surface area (Å²) in [7, 11) is 0. The van der Waals surface area contributed by atoms with Crippen molar-refractivity contribution in [2.45, 2.75) is 45.4 Å². The summed E-state index contributed by atoms with van der Waals surface area (Å²) in [6, 6.07) is 3.66. The predicted octanol–water partition coefficient (Wildman–Crippen LogP) is 3.83. The average Bonchev–Trinajstić information content (AvgIpc) is 3.11. The third-order valence-electron chi connectivity index (χ3n) is 3.45. The molecular formula is C15H17N3O2S. The van der Waals surface area contributed by atoms with E-state index in [1.54, 1.807) is 6.07 Å². The molecule has 0 spiro atoms. The summed E-state index contributed by atoms with van der Waals surface area (Å²) in [6.07, 6.45) is 1.87. The van der Waals surface area contributed by atoms with E-state index in [0.717, 1.165) is 24.2 Å². The largest absolute Gasteiger partial charge is 0.353 e. The van der Waals surface area contributed by atoms with Crippen molar-refractivity contribution in [3.05, 3.63) is 33.6 Å². The van der Waals surface area contributed by atoms with Crippen molar-refractivity contribution in [2.75, 3.05) is 0 Å². The van der Waals surface area contributed by atoms with E-state index >= 15 is 0 Å². The van der Waals surface area contributed by atoms with Crippen LogP contribution in [0.15, 0.2) is 16.0 Å². The van der Waals surface area contributed by atoms with E-state index in [4.69, 9.17) is 4.52 Å². The minimum absolute atomic E-state index is 0.135. The highest BCUT2D eigenvalue weighted by atomic mass is 32.1. The van der Waals surface area contributed by atoms with Crippen LogP contribution in [-0.4, -0.2) is 15.9 Å². The number of hydrogen-bond acceptors (Lipinski definition) is 6. The zero-order valence-electron chi connectivity index (χ0n) is 12.3. The second kappa shape index (κ2) is 6.64. The van der Waals surface area contributed by atoms with Crippen molar-refractivity contribution in [1.82, 2.24) is 10.1 Å². The van der Waals surface area contributed by atoms with Gasteiger partial charge < -0.3 is 4.52 Å². The van der Waals surface area contributed by atoms with Crippen LogP contribution in [0.1, 0.15) is 65.5 Å². The summed E-state index contributed by atoms with van der Waals surface area (Å²) in [4.78, 5) is 16.6. The number of nitrogens with zero attached hydrogens (tertiary/aromatic N) is 3. The lowest BCUT2D eigenvalue weighted by Crippen LogP contribution is -2.10. The van der Waals surface area contributed by atoms with Gasteiger partial charge in [0.05, 0.1) is 11.8 Å². The summed E-state index contributed by atoms with van der Waals surface area (Å²) in [5.41, 5.74) is 1.58. The maximum absolute atomic E-state index is 12.4. The van der Waals surface area contributed by atoms with Crippen molar-refractivity contribution >= 4 is 17.1 Å². The number of nitriles is 1. The number of carbonyl (C=O) groups is 1. The van der Waals surface area contributed by atoms with Crippen LogP contribution < -0.4 is 0 Å². The highest BCUT2D eigenvalue weighted by Crippen LogP contribution is 2.27. The van der Waals surface area contributed by atoms with E-state index in [2.05, 4.69) is 24.0 Å². The molecule has 0 radical (unpaired) electrons. The van der Waals surface area contributed by atoms with Gasteiger partial charge in [0.25, 0.3) is 0 Å². The van der Waals surface area contributed by atoms with Gasteiger partial charge in [-0.15, -0.1) is 11.3 Å². The van der Waals surface area contributed by atoms with Crippen LogP contribution in [-0.2, 0) is 0 Å². The molecule has 110 valence electrons. The Balaban J connectivity index is 2.25. The van der Waals surface area contributed by atoms with Gasteiger partial charge in [0.2, 0.25) is 11.5 Å². The topological polar surface area (TPSA) is 79.8 Å². The van der Waals surface area contributed by atoms with Crippen molar-refractivity contribution in [3.8, 4) is 6.07 Å². The Morgan fingerprint density at radius 1 is 1.48 bits per heavy atom. The molecule has 0 bridgehead atoms. The summed E-state index contributed by atoms with van der Waals surface area (Å²) in [5.74, 6) is -0.892. The fourth-order valence-electron chi connectivity index (χ4n) is 2.18. The molecule has 0 fully saturated rings. The molecule has 0 aliphatic carbocycles. The van der Waals surface area contributed by atoms with Gasteiger partial charge in [-0.2, -0.15) is 5.26 Å². The number of carbonyl (C=O) groups excluding carboxylic acids is 1. The molecule has 0 unspecified atom stereocenters. The molecule has 5 nitrogen and oxygen atoms in total. The molecule has 2 heterocycles. The zero-order chi connectivity index (χ0) is 15.4. The first-order valence-corrected chi connectivity index (χ1v) is 7.81. The second-order valence-electron chi connectivity index (χ2n) is 4.88. The Morgan fingerprint density at radius 2 is 2.19 bits per heavy atom. The fraction of sp³-hybridized carbons (Fsp3) is 0.467. The van der Waals surface area contributed by atoms with Crippen molar-refractivity contribution < 1.29 is 9.32 Å². The molecule has 0 aromatic carbocycles. The molecule has 2 aromatic heterocycles. The Labute approximate surface area is 127 Å². The molecule has 0 aliphatic heterocycles. The van der Waals surface area contributed by atoms with Gasteiger partial charge in [-0.1, -0.05) is 19.0 Å². The Morgan fingerprint density at radius 3 is 2.71 bits per heavy atom. The van der Waals surface area contributed by atoms with E-state index in [1.165, 1.54) is 11.3 Å². The number of Topliss-reactive ketones (excluding diaryl/α,β-unsaturated/α-hetero) is 1. The van der Waals surface area contributed by atoms with Crippen LogP contribution >= 0.6 is 11.3 Å². The first-order chi connectivity index (χ1) is 10.1. The first-order valence-electron chi connectivity index (χ1n) is 6.93. The third-order valence-corrected chi connectivity index (χ3v) is 4.48. The fourth-order valence-corrected chi connectivity index (χ4v) is 3.01. The Hall–Kier alpha value is -2.00. The molecule has 0 amide bonds. The maximum Gasteiger partial charge on any atom is 0.224 e. The van der Waals surface area contributed by atoms with Crippen LogP contribution in [0.4, 0.5) is 0 Å². The van der Waals surface area contributed by atoms with Gasteiger partial charge in [-0.05, 0) is 19.8 Å². The molecule has 0 saturated heterocycles. The Kier molecular flexibility index (Phi) is 4.86. The van der Waals surface area contributed by atoms with Crippen LogP contribution in [0, 0.1) is 18.3 Å². The number of hydrogen-bond donors (Lipinski definition) is 0. The van der Waals surface area contributed by atoms with Crippen LogP contribution in [0.25, 0.3) is 0 Å². The average molecular weight is 303 g/mol. The second-order valence-corrected chi connectivity index (χ2v) is 5.77. The molecule has 2 rings (SSSR count). The van der Waals surface area contributed by atoms with Gasteiger partial charge in [0.15, 0.2) is 5.92 Å². The van der Waals surface area contributed by atoms with Crippen LogP contribution in [0.3, 0.4) is 0 Å². The molecule has 0 aliphatic rings. The summed E-state index contributed by atoms with van der Waals surface area (Å²) >= 11 is 1.31. The number of ketones is 1. The molecule has 0 saturated carbocycles. The van der Waals surface area contributed by atoms with E-state index in [1.807, 2.05) is 18.4 Å². The smallest absolute Gasteiger partial charge is 0.224 e. The summed E-state index contributed by atoms with van der Waals surface area (Å²) in [6.45, 7) is 5.97. The van der Waals surface area contributed by atoms with E-state index in [9.17, 15) is 10.1 Å². The molecular weight excluding hydrogens is 286 g/mol. The highest BCUT2D eigenvalue weighted by Gasteiger charge is 2.28. The third kappa shape index (κ3) is 3.19. The maximum atomic E-state index is 12.4. The SMILES string of the molecule is CCC(CC)c1cc(C(=O)[C@@H](C#N)c2nc(C)cs2)on1. The first kappa shape index (κ1) is 15.4. The quantitative estimate of drug-likeness (QED) is 0.757. The number of thiazole rings is 1. The normalized spacial score (nSPS) is 12.3. The molecule has 0 N–H and O–H groups in total. The van der Waals surface area contributed by atoms with Gasteiger partial charge in [0, 0.05) is 23.1 Å². The lowest BCUT2D eigenvalue weighted by atomic mass is 9.98. The lowest BCUT2D eigenvalue weighted by molar-refractivity contribution is 0.0942. The molecule has 2 aromatic rings. The van der Waals surface area contributed by atoms with E-state index in [-0.39, 0.29) is 17.5 Å². The molecule has 6 heteroatoms. The van der Waals surface area contributed by atoms with E-state index < -0.39 is 5.92 Å². The van der Waals surface area contributed by atoms with Crippen molar-refractivity contribution in [3.63, 3.8) is 0 Å². The van der Waals surface area contributed by atoms with Gasteiger partial charge in [0.1, 0.15) is 5.01 Å². The van der Waals surface area contributed by atoms with Gasteiger partial charge in [-0.25, -0.2) is 4.98 Å². The standard InChI is InChI=1S/C15H17N3O2S/c1-4-10(5-2)12-6-13(20-18-12)14(19)11(7-16)15-17-9(3)8-21-15/h6,8,10-11H,4-5H2,1-3H3/t11-/m1/s1. The summed E-state index contributed by atoms with van der Waals surface area (Å²) < 4.78 is 5.15. The highest BCUT2D eigenvalue weighted by molar-refractivity contribution is 7.10. The van der Waals surface area contributed by atoms with Gasteiger partial charge >= 0.3 is 0 Å².